The SMILES string of the molecule is CCN1CCCC1CNc1ccc(F)cc1C#N. The molecule has 1 aliphatic rings. The Morgan fingerprint density at radius 2 is 2.39 bits per heavy atom. The van der Waals surface area contributed by atoms with Crippen molar-refractivity contribution in [2.75, 3.05) is 25.0 Å². The highest BCUT2D eigenvalue weighted by molar-refractivity contribution is 5.57. The minimum absolute atomic E-state index is 0.367. The number of nitrogens with zero attached hydrogens (tertiary/aromatic N) is 2. The summed E-state index contributed by atoms with van der Waals surface area (Å²) in [6.45, 7) is 5.18. The molecule has 3 nitrogen and oxygen atoms in total. The topological polar surface area (TPSA) is 39.1 Å². The third kappa shape index (κ3) is 2.80. The first-order chi connectivity index (χ1) is 8.74. The van der Waals surface area contributed by atoms with E-state index in [1.807, 2.05) is 6.07 Å². The van der Waals surface area contributed by atoms with Gasteiger partial charge in [-0.05, 0) is 44.1 Å². The average molecular weight is 247 g/mol. The van der Waals surface area contributed by atoms with Crippen molar-refractivity contribution in [1.82, 2.24) is 4.90 Å². The highest BCUT2D eigenvalue weighted by Crippen LogP contribution is 2.20. The predicted octanol–water partition coefficient (Wildman–Crippen LogP) is 2.59. The number of rotatable bonds is 4. The molecule has 1 fully saturated rings. The minimum atomic E-state index is -0.367. The molecule has 0 spiro atoms. The predicted molar refractivity (Wildman–Crippen MR) is 69.9 cm³/mol. The average Bonchev–Trinajstić information content (AvgIpc) is 2.84. The van der Waals surface area contributed by atoms with Crippen LogP contribution in [0, 0.1) is 17.1 Å². The van der Waals surface area contributed by atoms with E-state index < -0.39 is 0 Å². The fourth-order valence-corrected chi connectivity index (χ4v) is 2.53. The third-order valence-corrected chi connectivity index (χ3v) is 3.54. The van der Waals surface area contributed by atoms with Crippen molar-refractivity contribution in [3.63, 3.8) is 0 Å². The molecule has 1 aromatic rings. The van der Waals surface area contributed by atoms with E-state index in [1.54, 1.807) is 6.07 Å². The quantitative estimate of drug-likeness (QED) is 0.889. The van der Waals surface area contributed by atoms with Gasteiger partial charge in [-0.1, -0.05) is 6.92 Å². The fraction of sp³-hybridized carbons (Fsp3) is 0.500. The number of likely N-dealkylation sites (N-methyl/N-ethyl adjacent to an activating group) is 1. The molecule has 0 amide bonds. The van der Waals surface area contributed by atoms with Crippen LogP contribution >= 0.6 is 0 Å². The molecular weight excluding hydrogens is 229 g/mol. The van der Waals surface area contributed by atoms with Crippen molar-refractivity contribution in [1.29, 1.82) is 5.26 Å². The Kier molecular flexibility index (Phi) is 4.16. The molecule has 96 valence electrons. The lowest BCUT2D eigenvalue weighted by Gasteiger charge is -2.23. The van der Waals surface area contributed by atoms with Crippen molar-refractivity contribution in [3.8, 4) is 6.07 Å². The van der Waals surface area contributed by atoms with Crippen molar-refractivity contribution in [2.24, 2.45) is 0 Å². The van der Waals surface area contributed by atoms with Crippen LogP contribution in [0.15, 0.2) is 18.2 Å². The molecule has 2 rings (SSSR count). The second-order valence-corrected chi connectivity index (χ2v) is 4.61. The third-order valence-electron chi connectivity index (χ3n) is 3.54. The summed E-state index contributed by atoms with van der Waals surface area (Å²) in [4.78, 5) is 2.43. The van der Waals surface area contributed by atoms with Crippen molar-refractivity contribution < 1.29 is 4.39 Å². The Morgan fingerprint density at radius 3 is 3.11 bits per heavy atom. The normalized spacial score (nSPS) is 19.7. The Morgan fingerprint density at radius 1 is 1.56 bits per heavy atom. The lowest BCUT2D eigenvalue weighted by Crippen LogP contribution is -2.34. The van der Waals surface area contributed by atoms with E-state index in [9.17, 15) is 4.39 Å². The summed E-state index contributed by atoms with van der Waals surface area (Å²) in [6.07, 6.45) is 2.42. The van der Waals surface area contributed by atoms with Gasteiger partial charge in [0.15, 0.2) is 0 Å². The summed E-state index contributed by atoms with van der Waals surface area (Å²) in [5.74, 6) is -0.367. The first-order valence-electron chi connectivity index (χ1n) is 6.42. The summed E-state index contributed by atoms with van der Waals surface area (Å²) in [5.41, 5.74) is 1.10. The molecule has 1 aromatic carbocycles. The molecule has 4 heteroatoms. The molecule has 0 aliphatic carbocycles. The first-order valence-corrected chi connectivity index (χ1v) is 6.42. The van der Waals surface area contributed by atoms with E-state index >= 15 is 0 Å². The van der Waals surface area contributed by atoms with Gasteiger partial charge in [0, 0.05) is 12.6 Å². The molecule has 0 bridgehead atoms. The molecule has 0 saturated carbocycles. The maximum Gasteiger partial charge on any atom is 0.124 e. The molecule has 0 aromatic heterocycles. The standard InChI is InChI=1S/C14H18FN3/c1-2-18-7-3-4-13(18)10-17-14-6-5-12(15)8-11(14)9-16/h5-6,8,13,17H,2-4,7,10H2,1H3. The van der Waals surface area contributed by atoms with Gasteiger partial charge in [-0.15, -0.1) is 0 Å². The Labute approximate surface area is 107 Å². The van der Waals surface area contributed by atoms with Gasteiger partial charge in [-0.25, -0.2) is 4.39 Å². The van der Waals surface area contributed by atoms with Crippen LogP contribution in [-0.2, 0) is 0 Å². The van der Waals surface area contributed by atoms with Crippen LogP contribution in [0.2, 0.25) is 0 Å². The smallest absolute Gasteiger partial charge is 0.124 e. The summed E-state index contributed by atoms with van der Waals surface area (Å²) in [6, 6.07) is 6.84. The zero-order valence-corrected chi connectivity index (χ0v) is 10.6. The minimum Gasteiger partial charge on any atom is -0.382 e. The summed E-state index contributed by atoms with van der Waals surface area (Å²) >= 11 is 0. The number of hydrogen-bond donors (Lipinski definition) is 1. The highest BCUT2D eigenvalue weighted by atomic mass is 19.1. The lowest BCUT2D eigenvalue weighted by molar-refractivity contribution is 0.277. The van der Waals surface area contributed by atoms with E-state index in [1.165, 1.54) is 25.0 Å². The summed E-state index contributed by atoms with van der Waals surface area (Å²) in [7, 11) is 0. The molecule has 1 heterocycles. The zero-order valence-electron chi connectivity index (χ0n) is 10.6. The van der Waals surface area contributed by atoms with Gasteiger partial charge in [0.2, 0.25) is 0 Å². The zero-order chi connectivity index (χ0) is 13.0. The van der Waals surface area contributed by atoms with Crippen LogP contribution < -0.4 is 5.32 Å². The molecular formula is C14H18FN3. The maximum absolute atomic E-state index is 13.0. The van der Waals surface area contributed by atoms with Gasteiger partial charge >= 0.3 is 0 Å². The fourth-order valence-electron chi connectivity index (χ4n) is 2.53. The van der Waals surface area contributed by atoms with E-state index in [0.29, 0.717) is 11.6 Å². The molecule has 1 saturated heterocycles. The number of halogens is 1. The number of nitrogens with one attached hydrogen (secondary N) is 1. The number of hydrogen-bond acceptors (Lipinski definition) is 3. The Bertz CT molecular complexity index is 453. The van der Waals surface area contributed by atoms with Gasteiger partial charge in [-0.2, -0.15) is 5.26 Å². The number of benzene rings is 1. The van der Waals surface area contributed by atoms with E-state index in [4.69, 9.17) is 5.26 Å². The van der Waals surface area contributed by atoms with Gasteiger partial charge < -0.3 is 5.32 Å². The van der Waals surface area contributed by atoms with Gasteiger partial charge in [0.25, 0.3) is 0 Å². The lowest BCUT2D eigenvalue weighted by atomic mass is 10.1. The van der Waals surface area contributed by atoms with E-state index in [0.717, 1.165) is 25.3 Å². The van der Waals surface area contributed by atoms with E-state index in [-0.39, 0.29) is 5.82 Å². The molecule has 1 N–H and O–H groups in total. The van der Waals surface area contributed by atoms with Crippen LogP contribution in [0.5, 0.6) is 0 Å². The van der Waals surface area contributed by atoms with Gasteiger partial charge in [0.05, 0.1) is 11.3 Å². The Balaban J connectivity index is 2.00. The number of likely N-dealkylation sites (tertiary alicyclic amines) is 1. The monoisotopic (exact) mass is 247 g/mol. The summed E-state index contributed by atoms with van der Waals surface area (Å²) < 4.78 is 13.0. The molecule has 1 aliphatic heterocycles. The number of nitriles is 1. The van der Waals surface area contributed by atoms with E-state index in [2.05, 4.69) is 17.1 Å². The number of anilines is 1. The van der Waals surface area contributed by atoms with Crippen molar-refractivity contribution in [3.05, 3.63) is 29.6 Å². The second kappa shape index (κ2) is 5.83. The maximum atomic E-state index is 13.0. The highest BCUT2D eigenvalue weighted by Gasteiger charge is 2.22. The van der Waals surface area contributed by atoms with Crippen molar-refractivity contribution in [2.45, 2.75) is 25.8 Å². The first kappa shape index (κ1) is 12.8. The van der Waals surface area contributed by atoms with Crippen molar-refractivity contribution >= 4 is 5.69 Å². The summed E-state index contributed by atoms with van der Waals surface area (Å²) in [5, 5.41) is 12.2. The van der Waals surface area contributed by atoms with Gasteiger partial charge in [-0.3, -0.25) is 4.90 Å². The van der Waals surface area contributed by atoms with Crippen LogP contribution in [-0.4, -0.2) is 30.6 Å². The molecule has 1 unspecified atom stereocenters. The molecule has 0 radical (unpaired) electrons. The van der Waals surface area contributed by atoms with Crippen LogP contribution in [0.4, 0.5) is 10.1 Å². The largest absolute Gasteiger partial charge is 0.382 e. The Hall–Kier alpha value is -1.60. The van der Waals surface area contributed by atoms with Gasteiger partial charge in [0.1, 0.15) is 11.9 Å². The van der Waals surface area contributed by atoms with Crippen LogP contribution in [0.3, 0.4) is 0 Å². The van der Waals surface area contributed by atoms with Crippen LogP contribution in [0.25, 0.3) is 0 Å². The molecule has 18 heavy (non-hydrogen) atoms. The van der Waals surface area contributed by atoms with Crippen LogP contribution in [0.1, 0.15) is 25.3 Å². The second-order valence-electron chi connectivity index (χ2n) is 4.61. The molecule has 1 atom stereocenters.